The number of rotatable bonds is 10. The Hall–Kier alpha value is -1.63. The lowest BCUT2D eigenvalue weighted by Gasteiger charge is -2.18. The van der Waals surface area contributed by atoms with Crippen molar-refractivity contribution >= 4 is 11.9 Å². The summed E-state index contributed by atoms with van der Waals surface area (Å²) in [5, 5.41) is 3.16. The van der Waals surface area contributed by atoms with Gasteiger partial charge in [0, 0.05) is 26.7 Å². The standard InChI is InChI=1S/C13H25N5O2/c1-5-8-14-11-15-12(17-13(16-11)20-7-3)18(4)9-10-19-6-2/h5-10H2,1-4H3,(H,14,15,16,17). The van der Waals surface area contributed by atoms with Crippen LogP contribution in [0.25, 0.3) is 0 Å². The lowest BCUT2D eigenvalue weighted by atomic mass is 10.5. The Labute approximate surface area is 120 Å². The third-order valence-corrected chi connectivity index (χ3v) is 2.53. The second-order valence-electron chi connectivity index (χ2n) is 4.22. The van der Waals surface area contributed by atoms with E-state index in [0.717, 1.165) is 19.5 Å². The van der Waals surface area contributed by atoms with E-state index in [-0.39, 0.29) is 0 Å². The minimum atomic E-state index is 0.347. The van der Waals surface area contributed by atoms with E-state index in [0.29, 0.717) is 37.7 Å². The van der Waals surface area contributed by atoms with Crippen LogP contribution in [0.2, 0.25) is 0 Å². The summed E-state index contributed by atoms with van der Waals surface area (Å²) in [7, 11) is 1.92. The van der Waals surface area contributed by atoms with Crippen molar-refractivity contribution in [3.05, 3.63) is 0 Å². The van der Waals surface area contributed by atoms with Crippen LogP contribution in [0.4, 0.5) is 11.9 Å². The zero-order valence-corrected chi connectivity index (χ0v) is 12.8. The van der Waals surface area contributed by atoms with Gasteiger partial charge in [0.15, 0.2) is 0 Å². The number of hydrogen-bond acceptors (Lipinski definition) is 7. The number of ether oxygens (including phenoxy) is 2. The van der Waals surface area contributed by atoms with Gasteiger partial charge in [-0.15, -0.1) is 0 Å². The smallest absolute Gasteiger partial charge is 0.323 e. The number of aromatic nitrogens is 3. The fourth-order valence-corrected chi connectivity index (χ4v) is 1.47. The van der Waals surface area contributed by atoms with Crippen molar-refractivity contribution in [2.45, 2.75) is 27.2 Å². The molecular formula is C13H25N5O2. The van der Waals surface area contributed by atoms with Crippen LogP contribution in [-0.2, 0) is 4.74 Å². The van der Waals surface area contributed by atoms with Gasteiger partial charge in [-0.25, -0.2) is 0 Å². The Kier molecular flexibility index (Phi) is 7.64. The summed E-state index contributed by atoms with van der Waals surface area (Å²) in [5.74, 6) is 1.13. The third kappa shape index (κ3) is 5.56. The van der Waals surface area contributed by atoms with E-state index in [9.17, 15) is 0 Å². The highest BCUT2D eigenvalue weighted by atomic mass is 16.5. The molecule has 1 aromatic rings. The SMILES string of the molecule is CCCNc1nc(OCC)nc(N(C)CCOCC)n1. The van der Waals surface area contributed by atoms with E-state index < -0.39 is 0 Å². The van der Waals surface area contributed by atoms with E-state index >= 15 is 0 Å². The van der Waals surface area contributed by atoms with E-state index in [1.165, 1.54) is 0 Å². The molecule has 0 aromatic carbocycles. The zero-order chi connectivity index (χ0) is 14.8. The molecule has 0 aliphatic heterocycles. The monoisotopic (exact) mass is 283 g/mol. The van der Waals surface area contributed by atoms with Crippen molar-refractivity contribution in [2.75, 3.05) is 50.2 Å². The van der Waals surface area contributed by atoms with Crippen molar-refractivity contribution in [1.82, 2.24) is 15.0 Å². The minimum Gasteiger partial charge on any atom is -0.464 e. The molecule has 114 valence electrons. The van der Waals surface area contributed by atoms with Crippen LogP contribution in [-0.4, -0.2) is 54.9 Å². The van der Waals surface area contributed by atoms with Crippen molar-refractivity contribution in [3.8, 4) is 6.01 Å². The fraction of sp³-hybridized carbons (Fsp3) is 0.769. The Balaban J connectivity index is 2.78. The van der Waals surface area contributed by atoms with E-state index in [4.69, 9.17) is 9.47 Å². The van der Waals surface area contributed by atoms with E-state index in [1.807, 2.05) is 25.8 Å². The highest BCUT2D eigenvalue weighted by Crippen LogP contribution is 2.14. The molecule has 0 atom stereocenters. The molecule has 1 rings (SSSR count). The summed E-state index contributed by atoms with van der Waals surface area (Å²) in [5.41, 5.74) is 0. The minimum absolute atomic E-state index is 0.347. The molecule has 20 heavy (non-hydrogen) atoms. The summed E-state index contributed by atoms with van der Waals surface area (Å²) in [4.78, 5) is 14.8. The predicted octanol–water partition coefficient (Wildman–Crippen LogP) is 1.56. The number of nitrogens with zero attached hydrogens (tertiary/aromatic N) is 4. The Bertz CT molecular complexity index is 389. The predicted molar refractivity (Wildman–Crippen MR) is 79.5 cm³/mol. The van der Waals surface area contributed by atoms with Crippen LogP contribution < -0.4 is 15.0 Å². The van der Waals surface area contributed by atoms with Gasteiger partial charge in [0.1, 0.15) is 0 Å². The highest BCUT2D eigenvalue weighted by molar-refractivity contribution is 5.37. The van der Waals surface area contributed by atoms with Crippen molar-refractivity contribution in [1.29, 1.82) is 0 Å². The lowest BCUT2D eigenvalue weighted by molar-refractivity contribution is 0.154. The third-order valence-electron chi connectivity index (χ3n) is 2.53. The fourth-order valence-electron chi connectivity index (χ4n) is 1.47. The van der Waals surface area contributed by atoms with Gasteiger partial charge in [0.25, 0.3) is 0 Å². The molecule has 0 saturated carbocycles. The molecular weight excluding hydrogens is 258 g/mol. The van der Waals surface area contributed by atoms with Crippen LogP contribution in [0.15, 0.2) is 0 Å². The first-order valence-electron chi connectivity index (χ1n) is 7.12. The summed E-state index contributed by atoms with van der Waals surface area (Å²) < 4.78 is 10.7. The van der Waals surface area contributed by atoms with Crippen molar-refractivity contribution in [2.24, 2.45) is 0 Å². The first kappa shape index (κ1) is 16.4. The average molecular weight is 283 g/mol. The van der Waals surface area contributed by atoms with Crippen molar-refractivity contribution < 1.29 is 9.47 Å². The van der Waals surface area contributed by atoms with E-state index in [2.05, 4.69) is 27.2 Å². The Morgan fingerprint density at radius 2 is 1.90 bits per heavy atom. The van der Waals surface area contributed by atoms with Gasteiger partial charge < -0.3 is 19.7 Å². The van der Waals surface area contributed by atoms with Crippen molar-refractivity contribution in [3.63, 3.8) is 0 Å². The lowest BCUT2D eigenvalue weighted by Crippen LogP contribution is -2.25. The molecule has 0 saturated heterocycles. The van der Waals surface area contributed by atoms with Crippen LogP contribution in [0.5, 0.6) is 6.01 Å². The molecule has 0 aliphatic carbocycles. The Morgan fingerprint density at radius 1 is 1.10 bits per heavy atom. The highest BCUT2D eigenvalue weighted by Gasteiger charge is 2.10. The van der Waals surface area contributed by atoms with Crippen LogP contribution in [0, 0.1) is 0 Å². The topological polar surface area (TPSA) is 72.4 Å². The van der Waals surface area contributed by atoms with Gasteiger partial charge in [-0.3, -0.25) is 0 Å². The van der Waals surface area contributed by atoms with Gasteiger partial charge in [-0.1, -0.05) is 6.92 Å². The van der Waals surface area contributed by atoms with E-state index in [1.54, 1.807) is 0 Å². The normalized spacial score (nSPS) is 10.4. The molecule has 0 amide bonds. The van der Waals surface area contributed by atoms with Gasteiger partial charge in [0.2, 0.25) is 11.9 Å². The second kappa shape index (κ2) is 9.30. The maximum absolute atomic E-state index is 5.38. The van der Waals surface area contributed by atoms with Crippen LogP contribution in [0.1, 0.15) is 27.2 Å². The molecule has 7 nitrogen and oxygen atoms in total. The molecule has 0 aliphatic rings. The van der Waals surface area contributed by atoms with Gasteiger partial charge >= 0.3 is 6.01 Å². The van der Waals surface area contributed by atoms with Crippen LogP contribution >= 0.6 is 0 Å². The number of nitrogens with one attached hydrogen (secondary N) is 1. The largest absolute Gasteiger partial charge is 0.464 e. The molecule has 0 radical (unpaired) electrons. The average Bonchev–Trinajstić information content (AvgIpc) is 2.45. The molecule has 7 heteroatoms. The summed E-state index contributed by atoms with van der Waals surface area (Å²) in [6, 6.07) is 0.347. The molecule has 0 bridgehead atoms. The maximum Gasteiger partial charge on any atom is 0.323 e. The van der Waals surface area contributed by atoms with Gasteiger partial charge in [0.05, 0.1) is 13.2 Å². The first-order valence-corrected chi connectivity index (χ1v) is 7.12. The summed E-state index contributed by atoms with van der Waals surface area (Å²) in [6.45, 7) is 9.38. The quantitative estimate of drug-likeness (QED) is 0.653. The summed E-state index contributed by atoms with van der Waals surface area (Å²) in [6.07, 6.45) is 1.01. The molecule has 1 aromatic heterocycles. The van der Waals surface area contributed by atoms with Crippen LogP contribution in [0.3, 0.4) is 0 Å². The van der Waals surface area contributed by atoms with Gasteiger partial charge in [-0.2, -0.15) is 15.0 Å². The second-order valence-corrected chi connectivity index (χ2v) is 4.22. The first-order chi connectivity index (χ1) is 9.71. The maximum atomic E-state index is 5.38. The summed E-state index contributed by atoms with van der Waals surface area (Å²) >= 11 is 0. The number of likely N-dealkylation sites (N-methyl/N-ethyl adjacent to an activating group) is 1. The molecule has 0 spiro atoms. The zero-order valence-electron chi connectivity index (χ0n) is 12.8. The van der Waals surface area contributed by atoms with Gasteiger partial charge in [-0.05, 0) is 20.3 Å². The number of anilines is 2. The molecule has 1 N–H and O–H groups in total. The molecule has 0 unspecified atom stereocenters. The number of hydrogen-bond donors (Lipinski definition) is 1. The Morgan fingerprint density at radius 3 is 2.55 bits per heavy atom. The molecule has 1 heterocycles. The molecule has 0 fully saturated rings.